The smallest absolute Gasteiger partial charge is 0.408 e. The number of nitrogens with one attached hydrogen (secondary N) is 1. The van der Waals surface area contributed by atoms with Crippen molar-refractivity contribution in [2.45, 2.75) is 31.7 Å². The van der Waals surface area contributed by atoms with Crippen molar-refractivity contribution in [3.8, 4) is 5.75 Å². The highest BCUT2D eigenvalue weighted by molar-refractivity contribution is 5.94. The summed E-state index contributed by atoms with van der Waals surface area (Å²) in [5.74, 6) is -1.47. The van der Waals surface area contributed by atoms with Crippen molar-refractivity contribution in [1.29, 1.82) is 0 Å². The summed E-state index contributed by atoms with van der Waals surface area (Å²) in [5.41, 5.74) is 0.495. The molecule has 138 valence electrons. The van der Waals surface area contributed by atoms with Crippen LogP contribution in [-0.4, -0.2) is 23.1 Å². The molecule has 1 aromatic heterocycles. The van der Waals surface area contributed by atoms with Gasteiger partial charge in [-0.25, -0.2) is 4.39 Å². The number of rotatable bonds is 6. The molecule has 0 saturated heterocycles. The van der Waals surface area contributed by atoms with E-state index >= 15 is 0 Å². The Morgan fingerprint density at radius 3 is 2.62 bits per heavy atom. The van der Waals surface area contributed by atoms with Crippen LogP contribution in [0.3, 0.4) is 0 Å². The van der Waals surface area contributed by atoms with E-state index in [4.69, 9.17) is 4.74 Å². The normalized spacial score (nSPS) is 15.4. The second-order valence-electron chi connectivity index (χ2n) is 6.11. The molecule has 3 rings (SSSR count). The Labute approximate surface area is 147 Å². The van der Waals surface area contributed by atoms with Crippen LogP contribution in [0.4, 0.5) is 17.6 Å². The minimum Gasteiger partial charge on any atom is -0.487 e. The van der Waals surface area contributed by atoms with Gasteiger partial charge in [0.25, 0.3) is 5.91 Å². The number of nitrogens with zero attached hydrogens (tertiary/aromatic N) is 1. The van der Waals surface area contributed by atoms with Crippen LogP contribution in [-0.2, 0) is 6.61 Å². The highest BCUT2D eigenvalue weighted by atomic mass is 19.4. The molecule has 1 aliphatic rings. The predicted molar refractivity (Wildman–Crippen MR) is 85.0 cm³/mol. The summed E-state index contributed by atoms with van der Waals surface area (Å²) in [4.78, 5) is 16.0. The number of hydrogen-bond donors (Lipinski definition) is 1. The zero-order valence-corrected chi connectivity index (χ0v) is 13.6. The second-order valence-corrected chi connectivity index (χ2v) is 6.11. The van der Waals surface area contributed by atoms with E-state index in [9.17, 15) is 22.4 Å². The average Bonchev–Trinajstić information content (AvgIpc) is 3.42. The van der Waals surface area contributed by atoms with Gasteiger partial charge >= 0.3 is 6.18 Å². The van der Waals surface area contributed by atoms with E-state index in [1.807, 2.05) is 5.32 Å². The van der Waals surface area contributed by atoms with Crippen LogP contribution >= 0.6 is 0 Å². The molecule has 2 aromatic rings. The van der Waals surface area contributed by atoms with Gasteiger partial charge in [0.1, 0.15) is 24.2 Å². The van der Waals surface area contributed by atoms with Crippen molar-refractivity contribution in [3.63, 3.8) is 0 Å². The number of aromatic nitrogens is 1. The molecule has 0 bridgehead atoms. The third-order valence-electron chi connectivity index (χ3n) is 4.00. The number of benzene rings is 1. The molecule has 1 atom stereocenters. The van der Waals surface area contributed by atoms with Gasteiger partial charge in [-0.1, -0.05) is 6.07 Å². The monoisotopic (exact) mass is 368 g/mol. The molecule has 0 aliphatic heterocycles. The molecule has 0 radical (unpaired) electrons. The number of carbonyl (C=O) groups is 1. The zero-order valence-electron chi connectivity index (χ0n) is 13.6. The number of amides is 1. The molecule has 0 spiro atoms. The Bertz CT molecular complexity index is 774. The quantitative estimate of drug-likeness (QED) is 0.788. The average molecular weight is 368 g/mol. The Balaban J connectivity index is 1.59. The lowest BCUT2D eigenvalue weighted by Crippen LogP contribution is -2.46. The van der Waals surface area contributed by atoms with E-state index < -0.39 is 29.9 Å². The van der Waals surface area contributed by atoms with Crippen LogP contribution in [0.2, 0.25) is 0 Å². The summed E-state index contributed by atoms with van der Waals surface area (Å²) in [6.45, 7) is 0.0403. The molecule has 1 aromatic carbocycles. The maximum Gasteiger partial charge on any atom is 0.408 e. The van der Waals surface area contributed by atoms with Gasteiger partial charge in [-0.2, -0.15) is 13.2 Å². The van der Waals surface area contributed by atoms with E-state index in [0.717, 1.165) is 0 Å². The Morgan fingerprint density at radius 1 is 1.27 bits per heavy atom. The Hall–Kier alpha value is -2.64. The number of pyridine rings is 1. The fraction of sp³-hybridized carbons (Fsp3) is 0.333. The van der Waals surface area contributed by atoms with Gasteiger partial charge in [0.05, 0.1) is 11.3 Å². The summed E-state index contributed by atoms with van der Waals surface area (Å²) in [5, 5.41) is 2.04. The number of hydrogen-bond acceptors (Lipinski definition) is 3. The Morgan fingerprint density at radius 2 is 2.04 bits per heavy atom. The minimum atomic E-state index is -4.47. The molecular formula is C18H16F4N2O2. The molecular weight excluding hydrogens is 352 g/mol. The molecule has 26 heavy (non-hydrogen) atoms. The molecule has 8 heteroatoms. The summed E-state index contributed by atoms with van der Waals surface area (Å²) in [7, 11) is 0. The van der Waals surface area contributed by atoms with Crippen LogP contribution in [0.15, 0.2) is 42.6 Å². The van der Waals surface area contributed by atoms with Crippen LogP contribution in [0.25, 0.3) is 0 Å². The molecule has 4 nitrogen and oxygen atoms in total. The topological polar surface area (TPSA) is 51.2 Å². The first kappa shape index (κ1) is 18.2. The van der Waals surface area contributed by atoms with Gasteiger partial charge in [-0.3, -0.25) is 9.78 Å². The molecule has 1 aliphatic carbocycles. The molecule has 1 fully saturated rings. The summed E-state index contributed by atoms with van der Waals surface area (Å²) in [6, 6.07) is 6.63. The maximum absolute atomic E-state index is 13.1. The highest BCUT2D eigenvalue weighted by Gasteiger charge is 2.49. The second kappa shape index (κ2) is 7.31. The first-order valence-corrected chi connectivity index (χ1v) is 8.04. The third kappa shape index (κ3) is 4.71. The van der Waals surface area contributed by atoms with Gasteiger partial charge in [0, 0.05) is 12.3 Å². The SMILES string of the molecule is O=C(N[C@H](C1CC1)C(F)(F)F)c1ccc(COc2cccc(F)c2)nc1. The van der Waals surface area contributed by atoms with Gasteiger partial charge in [0.15, 0.2) is 0 Å². The molecule has 1 amide bonds. The molecule has 1 saturated carbocycles. The van der Waals surface area contributed by atoms with Gasteiger partial charge < -0.3 is 10.1 Å². The van der Waals surface area contributed by atoms with E-state index in [0.29, 0.717) is 24.3 Å². The van der Waals surface area contributed by atoms with E-state index in [2.05, 4.69) is 4.98 Å². The lowest BCUT2D eigenvalue weighted by molar-refractivity contribution is -0.158. The van der Waals surface area contributed by atoms with Crippen LogP contribution in [0, 0.1) is 11.7 Å². The Kier molecular flexibility index (Phi) is 5.11. The van der Waals surface area contributed by atoms with E-state index in [1.165, 1.54) is 36.5 Å². The van der Waals surface area contributed by atoms with Crippen LogP contribution < -0.4 is 10.1 Å². The van der Waals surface area contributed by atoms with Gasteiger partial charge in [0.2, 0.25) is 0 Å². The number of alkyl halides is 3. The third-order valence-corrected chi connectivity index (χ3v) is 4.00. The van der Waals surface area contributed by atoms with Crippen molar-refractivity contribution in [1.82, 2.24) is 10.3 Å². The fourth-order valence-electron chi connectivity index (χ4n) is 2.48. The summed E-state index contributed by atoms with van der Waals surface area (Å²) < 4.78 is 57.3. The zero-order chi connectivity index (χ0) is 18.7. The van der Waals surface area contributed by atoms with Gasteiger partial charge in [-0.05, 0) is 43.0 Å². The van der Waals surface area contributed by atoms with Gasteiger partial charge in [-0.15, -0.1) is 0 Å². The number of halogens is 4. The lowest BCUT2D eigenvalue weighted by atomic mass is 10.1. The first-order valence-electron chi connectivity index (χ1n) is 8.04. The molecule has 1 N–H and O–H groups in total. The minimum absolute atomic E-state index is 0.0365. The van der Waals surface area contributed by atoms with E-state index in [1.54, 1.807) is 6.07 Å². The van der Waals surface area contributed by atoms with Crippen molar-refractivity contribution in [2.24, 2.45) is 5.92 Å². The van der Waals surface area contributed by atoms with Crippen molar-refractivity contribution in [2.75, 3.05) is 0 Å². The summed E-state index contributed by atoms with van der Waals surface area (Å²) >= 11 is 0. The van der Waals surface area contributed by atoms with Crippen LogP contribution in [0.5, 0.6) is 5.75 Å². The first-order chi connectivity index (χ1) is 12.3. The van der Waals surface area contributed by atoms with E-state index in [-0.39, 0.29) is 12.2 Å². The van der Waals surface area contributed by atoms with Crippen LogP contribution in [0.1, 0.15) is 28.9 Å². The number of ether oxygens (including phenoxy) is 1. The van der Waals surface area contributed by atoms with Crippen molar-refractivity contribution < 1.29 is 27.1 Å². The maximum atomic E-state index is 13.1. The van der Waals surface area contributed by atoms with Crippen molar-refractivity contribution >= 4 is 5.91 Å². The summed E-state index contributed by atoms with van der Waals surface area (Å²) in [6.07, 6.45) is -2.36. The fourth-order valence-corrected chi connectivity index (χ4v) is 2.48. The highest BCUT2D eigenvalue weighted by Crippen LogP contribution is 2.40. The predicted octanol–water partition coefficient (Wildman–Crippen LogP) is 3.87. The molecule has 1 heterocycles. The standard InChI is InChI=1S/C18H16F4N2O2/c19-13-2-1-3-15(8-13)26-10-14-7-6-12(9-23-14)17(25)24-16(11-4-5-11)18(20,21)22/h1-3,6-9,11,16H,4-5,10H2,(H,24,25)/t16-/m1/s1. The number of carbonyl (C=O) groups excluding carboxylic acids is 1. The van der Waals surface area contributed by atoms with Crippen molar-refractivity contribution in [3.05, 3.63) is 59.7 Å². The largest absolute Gasteiger partial charge is 0.487 e. The molecule has 0 unspecified atom stereocenters. The lowest BCUT2D eigenvalue weighted by Gasteiger charge is -2.21.